The number of carboxylic acid groups (broad SMARTS) is 2. The SMILES string of the molecule is CC(CN1CCc2ccccc2C1)N1C[C@H]2CC[C@@H](C1)C2N.O=CO.O=CO. The van der Waals surface area contributed by atoms with Crippen LogP contribution in [0.2, 0.25) is 0 Å². The normalized spacial score (nSPS) is 27.3. The summed E-state index contributed by atoms with van der Waals surface area (Å²) in [6.45, 7) is 7.90. The molecule has 0 amide bonds. The summed E-state index contributed by atoms with van der Waals surface area (Å²) in [4.78, 5) is 22.1. The number of hydrogen-bond donors (Lipinski definition) is 3. The smallest absolute Gasteiger partial charge is 0.290 e. The van der Waals surface area contributed by atoms with Crippen LogP contribution < -0.4 is 5.73 Å². The molecule has 7 heteroatoms. The molecule has 3 aliphatic rings. The summed E-state index contributed by atoms with van der Waals surface area (Å²) < 4.78 is 0. The molecular formula is C21H33N3O4. The van der Waals surface area contributed by atoms with Gasteiger partial charge < -0.3 is 15.9 Å². The van der Waals surface area contributed by atoms with Crippen molar-refractivity contribution in [3.8, 4) is 0 Å². The molecule has 4 rings (SSSR count). The fourth-order valence-electron chi connectivity index (χ4n) is 4.86. The summed E-state index contributed by atoms with van der Waals surface area (Å²) in [5.41, 5.74) is 9.43. The van der Waals surface area contributed by atoms with Gasteiger partial charge in [-0.05, 0) is 49.1 Å². The summed E-state index contributed by atoms with van der Waals surface area (Å²) in [6, 6.07) is 10.1. The number of rotatable bonds is 3. The third-order valence-corrected chi connectivity index (χ3v) is 6.29. The highest BCUT2D eigenvalue weighted by atomic mass is 16.3. The monoisotopic (exact) mass is 391 g/mol. The van der Waals surface area contributed by atoms with E-state index < -0.39 is 0 Å². The second-order valence-electron chi connectivity index (χ2n) is 7.94. The van der Waals surface area contributed by atoms with Crippen LogP contribution >= 0.6 is 0 Å². The second kappa shape index (κ2) is 11.1. The van der Waals surface area contributed by atoms with E-state index in [1.807, 2.05) is 0 Å². The zero-order valence-electron chi connectivity index (χ0n) is 16.6. The van der Waals surface area contributed by atoms with Gasteiger partial charge in [0, 0.05) is 44.8 Å². The van der Waals surface area contributed by atoms with Crippen LogP contribution in [0.15, 0.2) is 24.3 Å². The van der Waals surface area contributed by atoms with Gasteiger partial charge in [-0.15, -0.1) is 0 Å². The fourth-order valence-corrected chi connectivity index (χ4v) is 4.86. The van der Waals surface area contributed by atoms with Crippen LogP contribution in [-0.4, -0.2) is 71.2 Å². The van der Waals surface area contributed by atoms with Gasteiger partial charge >= 0.3 is 0 Å². The minimum Gasteiger partial charge on any atom is -0.483 e. The number of nitrogens with zero attached hydrogens (tertiary/aromatic N) is 2. The van der Waals surface area contributed by atoms with Crippen molar-refractivity contribution in [1.29, 1.82) is 0 Å². The third-order valence-electron chi connectivity index (χ3n) is 6.29. The Kier molecular flexibility index (Phi) is 8.89. The Hall–Kier alpha value is -1.96. The standard InChI is InChI=1S/C19H29N3.2CH2O2/c1-14(22-12-17-6-7-18(13-22)19(17)20)10-21-9-8-15-4-2-3-5-16(15)11-21;2*2-1-3/h2-5,14,17-19H,6-13,20H2,1H3;2*1H,(H,2,3)/t14?,17-,18+,19?;;. The molecule has 0 aromatic heterocycles. The molecule has 2 unspecified atom stereocenters. The summed E-state index contributed by atoms with van der Waals surface area (Å²) in [5, 5.41) is 13.8. The molecule has 0 spiro atoms. The minimum atomic E-state index is -0.250. The summed E-state index contributed by atoms with van der Waals surface area (Å²) >= 11 is 0. The highest BCUT2D eigenvalue weighted by Crippen LogP contribution is 2.36. The van der Waals surface area contributed by atoms with Gasteiger partial charge in [-0.25, -0.2) is 0 Å². The predicted molar refractivity (Wildman–Crippen MR) is 108 cm³/mol. The highest BCUT2D eigenvalue weighted by Gasteiger charge is 2.41. The lowest BCUT2D eigenvalue weighted by molar-refractivity contribution is -0.123. The van der Waals surface area contributed by atoms with E-state index in [9.17, 15) is 0 Å². The van der Waals surface area contributed by atoms with E-state index in [4.69, 9.17) is 25.5 Å². The number of carbonyl (C=O) groups is 2. The van der Waals surface area contributed by atoms with Crippen LogP contribution in [0, 0.1) is 11.8 Å². The molecule has 1 aliphatic carbocycles. The van der Waals surface area contributed by atoms with Gasteiger partial charge in [0.25, 0.3) is 12.9 Å². The van der Waals surface area contributed by atoms with Crippen LogP contribution in [0.3, 0.4) is 0 Å². The third kappa shape index (κ3) is 5.77. The minimum absolute atomic E-state index is 0.250. The summed E-state index contributed by atoms with van der Waals surface area (Å²) in [5.74, 6) is 1.51. The lowest BCUT2D eigenvalue weighted by atomic mass is 9.92. The van der Waals surface area contributed by atoms with Gasteiger partial charge in [0.2, 0.25) is 0 Å². The van der Waals surface area contributed by atoms with Gasteiger partial charge in [-0.1, -0.05) is 24.3 Å². The zero-order valence-corrected chi connectivity index (χ0v) is 16.6. The lowest BCUT2D eigenvalue weighted by Gasteiger charge is -2.41. The van der Waals surface area contributed by atoms with Gasteiger partial charge in [0.15, 0.2) is 0 Å². The van der Waals surface area contributed by atoms with Crippen molar-refractivity contribution in [2.75, 3.05) is 26.2 Å². The Morgan fingerprint density at radius 3 is 2.21 bits per heavy atom. The average molecular weight is 392 g/mol. The number of fused-ring (bicyclic) bond motifs is 3. The Morgan fingerprint density at radius 2 is 1.64 bits per heavy atom. The first kappa shape index (κ1) is 22.3. The second-order valence-corrected chi connectivity index (χ2v) is 7.94. The topological polar surface area (TPSA) is 107 Å². The zero-order chi connectivity index (χ0) is 20.5. The molecule has 156 valence electrons. The first-order chi connectivity index (χ1) is 13.5. The van der Waals surface area contributed by atoms with E-state index in [2.05, 4.69) is 41.0 Å². The van der Waals surface area contributed by atoms with Crippen LogP contribution in [0.1, 0.15) is 30.9 Å². The predicted octanol–water partition coefficient (Wildman–Crippen LogP) is 1.50. The van der Waals surface area contributed by atoms with Crippen molar-refractivity contribution in [2.24, 2.45) is 17.6 Å². The van der Waals surface area contributed by atoms with Crippen molar-refractivity contribution in [2.45, 2.75) is 44.8 Å². The van der Waals surface area contributed by atoms with Crippen molar-refractivity contribution < 1.29 is 19.8 Å². The van der Waals surface area contributed by atoms with Crippen LogP contribution in [0.5, 0.6) is 0 Å². The number of piperidine rings is 1. The molecule has 7 nitrogen and oxygen atoms in total. The molecule has 4 atom stereocenters. The molecule has 2 aliphatic heterocycles. The number of benzene rings is 1. The molecule has 28 heavy (non-hydrogen) atoms. The van der Waals surface area contributed by atoms with E-state index in [1.54, 1.807) is 5.56 Å². The number of nitrogens with two attached hydrogens (primary N) is 1. The van der Waals surface area contributed by atoms with Crippen molar-refractivity contribution in [3.63, 3.8) is 0 Å². The lowest BCUT2D eigenvalue weighted by Crippen LogP contribution is -2.54. The van der Waals surface area contributed by atoms with Crippen LogP contribution in [0.4, 0.5) is 0 Å². The van der Waals surface area contributed by atoms with Crippen molar-refractivity contribution >= 4 is 12.9 Å². The summed E-state index contributed by atoms with van der Waals surface area (Å²) in [6.07, 6.45) is 3.91. The molecule has 2 fully saturated rings. The van der Waals surface area contributed by atoms with Crippen molar-refractivity contribution in [3.05, 3.63) is 35.4 Å². The van der Waals surface area contributed by atoms with E-state index in [0.717, 1.165) is 18.4 Å². The molecular weight excluding hydrogens is 358 g/mol. The number of hydrogen-bond acceptors (Lipinski definition) is 5. The molecule has 1 aromatic carbocycles. The fraction of sp³-hybridized carbons (Fsp3) is 0.619. The maximum Gasteiger partial charge on any atom is 0.290 e. The first-order valence-corrected chi connectivity index (χ1v) is 9.98. The van der Waals surface area contributed by atoms with E-state index >= 15 is 0 Å². The van der Waals surface area contributed by atoms with Gasteiger partial charge in [0.05, 0.1) is 0 Å². The summed E-state index contributed by atoms with van der Waals surface area (Å²) in [7, 11) is 0. The molecule has 1 saturated carbocycles. The van der Waals surface area contributed by atoms with Gasteiger partial charge in [-0.2, -0.15) is 0 Å². The van der Waals surface area contributed by atoms with E-state index in [-0.39, 0.29) is 12.9 Å². The highest BCUT2D eigenvalue weighted by molar-refractivity contribution is 5.33. The Morgan fingerprint density at radius 1 is 1.11 bits per heavy atom. The quantitative estimate of drug-likeness (QED) is 0.670. The Labute approximate surface area is 167 Å². The Bertz CT molecular complexity index is 607. The van der Waals surface area contributed by atoms with Gasteiger partial charge in [0.1, 0.15) is 0 Å². The molecule has 1 saturated heterocycles. The first-order valence-electron chi connectivity index (χ1n) is 9.98. The Balaban J connectivity index is 0.000000418. The number of likely N-dealkylation sites (tertiary alicyclic amines) is 1. The molecule has 1 aromatic rings. The largest absolute Gasteiger partial charge is 0.483 e. The van der Waals surface area contributed by atoms with E-state index in [0.29, 0.717) is 12.1 Å². The van der Waals surface area contributed by atoms with Crippen LogP contribution in [0.25, 0.3) is 0 Å². The maximum absolute atomic E-state index is 8.36. The van der Waals surface area contributed by atoms with E-state index in [1.165, 1.54) is 51.0 Å². The average Bonchev–Trinajstić information content (AvgIpc) is 2.90. The van der Waals surface area contributed by atoms with Crippen molar-refractivity contribution in [1.82, 2.24) is 9.80 Å². The molecule has 0 radical (unpaired) electrons. The molecule has 2 bridgehead atoms. The van der Waals surface area contributed by atoms with Gasteiger partial charge in [-0.3, -0.25) is 19.4 Å². The molecule has 2 heterocycles. The van der Waals surface area contributed by atoms with Crippen LogP contribution in [-0.2, 0) is 22.6 Å². The maximum atomic E-state index is 8.36. The molecule has 4 N–H and O–H groups in total.